The maximum Gasteiger partial charge on any atom is 0.255 e. The third-order valence-corrected chi connectivity index (χ3v) is 4.17. The Bertz CT molecular complexity index is 862. The minimum absolute atomic E-state index is 0.196. The van der Waals surface area contributed by atoms with Gasteiger partial charge in [-0.3, -0.25) is 4.79 Å². The van der Waals surface area contributed by atoms with Crippen LogP contribution in [0.2, 0.25) is 0 Å². The van der Waals surface area contributed by atoms with Gasteiger partial charge in [-0.2, -0.15) is 0 Å². The average Bonchev–Trinajstić information content (AvgIpc) is 2.63. The summed E-state index contributed by atoms with van der Waals surface area (Å²) in [4.78, 5) is 12.3. The van der Waals surface area contributed by atoms with Crippen LogP contribution in [0.4, 0.5) is 11.4 Å². The highest BCUT2D eigenvalue weighted by molar-refractivity contribution is 9.10. The van der Waals surface area contributed by atoms with Crippen molar-refractivity contribution in [2.45, 2.75) is 6.61 Å². The van der Waals surface area contributed by atoms with Gasteiger partial charge in [0.1, 0.15) is 12.4 Å². The zero-order chi connectivity index (χ0) is 17.6. The number of amides is 1. The average molecular weight is 397 g/mol. The van der Waals surface area contributed by atoms with Crippen LogP contribution in [0.5, 0.6) is 5.75 Å². The van der Waals surface area contributed by atoms with Crippen LogP contribution in [0.15, 0.2) is 77.3 Å². The van der Waals surface area contributed by atoms with Gasteiger partial charge >= 0.3 is 0 Å². The van der Waals surface area contributed by atoms with Gasteiger partial charge in [-0.05, 0) is 54.1 Å². The lowest BCUT2D eigenvalue weighted by Crippen LogP contribution is -2.13. The van der Waals surface area contributed by atoms with Crippen LogP contribution in [0.25, 0.3) is 0 Å². The molecule has 25 heavy (non-hydrogen) atoms. The van der Waals surface area contributed by atoms with Crippen LogP contribution in [0.1, 0.15) is 15.9 Å². The molecule has 0 aromatic heterocycles. The molecule has 0 spiro atoms. The topological polar surface area (TPSA) is 64.3 Å². The quantitative estimate of drug-likeness (QED) is 0.605. The number of nitrogens with two attached hydrogens (primary N) is 1. The number of carbonyl (C=O) groups excluding carboxylic acids is 1. The molecule has 0 aliphatic rings. The molecule has 0 heterocycles. The molecular formula is C20H17BrN2O2. The molecule has 3 N–H and O–H groups in total. The summed E-state index contributed by atoms with van der Waals surface area (Å²) in [6.07, 6.45) is 0. The number of nitrogens with one attached hydrogen (secondary N) is 1. The maximum atomic E-state index is 12.3. The van der Waals surface area contributed by atoms with Gasteiger partial charge < -0.3 is 15.8 Å². The normalized spacial score (nSPS) is 10.3. The van der Waals surface area contributed by atoms with Crippen molar-refractivity contribution in [3.05, 3.63) is 88.4 Å². The second-order valence-corrected chi connectivity index (χ2v) is 6.40. The molecule has 3 rings (SSSR count). The van der Waals surface area contributed by atoms with Crippen molar-refractivity contribution < 1.29 is 9.53 Å². The van der Waals surface area contributed by atoms with Crippen LogP contribution in [-0.4, -0.2) is 5.91 Å². The molecule has 4 nitrogen and oxygen atoms in total. The fourth-order valence-electron chi connectivity index (χ4n) is 2.26. The summed E-state index contributed by atoms with van der Waals surface area (Å²) in [7, 11) is 0. The third-order valence-electron chi connectivity index (χ3n) is 3.64. The second kappa shape index (κ2) is 7.85. The van der Waals surface area contributed by atoms with Gasteiger partial charge in [0, 0.05) is 10.0 Å². The van der Waals surface area contributed by atoms with E-state index < -0.39 is 0 Å². The molecular weight excluding hydrogens is 380 g/mol. The summed E-state index contributed by atoms with van der Waals surface area (Å²) in [6.45, 7) is 0.440. The number of halogens is 1. The molecule has 0 unspecified atom stereocenters. The van der Waals surface area contributed by atoms with E-state index in [1.165, 1.54) is 0 Å². The maximum absolute atomic E-state index is 12.3. The minimum Gasteiger partial charge on any atom is -0.489 e. The number of nitrogen functional groups attached to an aromatic ring is 1. The molecule has 0 saturated heterocycles. The molecule has 0 fully saturated rings. The van der Waals surface area contributed by atoms with Crippen LogP contribution >= 0.6 is 15.9 Å². The number of carbonyl (C=O) groups is 1. The third kappa shape index (κ3) is 4.61. The predicted molar refractivity (Wildman–Crippen MR) is 104 cm³/mol. The summed E-state index contributed by atoms with van der Waals surface area (Å²) >= 11 is 3.39. The lowest BCUT2D eigenvalue weighted by atomic mass is 10.1. The standard InChI is InChI=1S/C20H17BrN2O2/c21-16-9-11-17(12-10-16)25-13-14-5-7-15(8-6-14)20(24)23-19-4-2-1-3-18(19)22/h1-12H,13,22H2,(H,23,24). The summed E-state index contributed by atoms with van der Waals surface area (Å²) in [5, 5.41) is 2.81. The van der Waals surface area contributed by atoms with Gasteiger partial charge in [0.2, 0.25) is 0 Å². The highest BCUT2D eigenvalue weighted by Crippen LogP contribution is 2.19. The van der Waals surface area contributed by atoms with E-state index in [1.54, 1.807) is 24.3 Å². The summed E-state index contributed by atoms with van der Waals surface area (Å²) < 4.78 is 6.73. The molecule has 0 bridgehead atoms. The smallest absolute Gasteiger partial charge is 0.255 e. The first-order valence-electron chi connectivity index (χ1n) is 7.75. The van der Waals surface area contributed by atoms with E-state index in [-0.39, 0.29) is 5.91 Å². The van der Waals surface area contributed by atoms with Gasteiger partial charge in [-0.25, -0.2) is 0 Å². The highest BCUT2D eigenvalue weighted by Gasteiger charge is 2.08. The first-order valence-corrected chi connectivity index (χ1v) is 8.54. The summed E-state index contributed by atoms with van der Waals surface area (Å²) in [5.74, 6) is 0.600. The zero-order valence-electron chi connectivity index (χ0n) is 13.4. The van der Waals surface area contributed by atoms with E-state index in [4.69, 9.17) is 10.5 Å². The van der Waals surface area contributed by atoms with Gasteiger partial charge in [0.25, 0.3) is 5.91 Å². The van der Waals surface area contributed by atoms with Crippen LogP contribution in [0, 0.1) is 0 Å². The summed E-state index contributed by atoms with van der Waals surface area (Å²) in [6, 6.07) is 22.1. The van der Waals surface area contributed by atoms with Gasteiger partial charge in [0.05, 0.1) is 11.4 Å². The van der Waals surface area contributed by atoms with E-state index in [0.29, 0.717) is 23.5 Å². The number of ether oxygens (including phenoxy) is 1. The fourth-order valence-corrected chi connectivity index (χ4v) is 2.52. The van der Waals surface area contributed by atoms with Crippen molar-refractivity contribution in [1.82, 2.24) is 0 Å². The Kier molecular flexibility index (Phi) is 5.36. The molecule has 0 saturated carbocycles. The Morgan fingerprint density at radius 2 is 1.64 bits per heavy atom. The Hall–Kier alpha value is -2.79. The number of hydrogen-bond donors (Lipinski definition) is 2. The van der Waals surface area contributed by atoms with Crippen LogP contribution < -0.4 is 15.8 Å². The zero-order valence-corrected chi connectivity index (χ0v) is 15.0. The van der Waals surface area contributed by atoms with Crippen molar-refractivity contribution in [3.8, 4) is 5.75 Å². The molecule has 126 valence electrons. The molecule has 0 radical (unpaired) electrons. The number of anilines is 2. The number of para-hydroxylation sites is 2. The van der Waals surface area contributed by atoms with Crippen molar-refractivity contribution >= 4 is 33.2 Å². The minimum atomic E-state index is -0.196. The number of hydrogen-bond acceptors (Lipinski definition) is 3. The van der Waals surface area contributed by atoms with E-state index in [0.717, 1.165) is 15.8 Å². The molecule has 5 heteroatoms. The van der Waals surface area contributed by atoms with Gasteiger partial charge in [0.15, 0.2) is 0 Å². The molecule has 0 aliphatic carbocycles. The van der Waals surface area contributed by atoms with Gasteiger partial charge in [-0.15, -0.1) is 0 Å². The van der Waals surface area contributed by atoms with E-state index in [2.05, 4.69) is 21.2 Å². The first-order chi connectivity index (χ1) is 12.1. The van der Waals surface area contributed by atoms with E-state index in [9.17, 15) is 4.79 Å². The Morgan fingerprint density at radius 1 is 0.960 bits per heavy atom. The van der Waals surface area contributed by atoms with Crippen molar-refractivity contribution in [1.29, 1.82) is 0 Å². The SMILES string of the molecule is Nc1ccccc1NC(=O)c1ccc(COc2ccc(Br)cc2)cc1. The largest absolute Gasteiger partial charge is 0.489 e. The van der Waals surface area contributed by atoms with Crippen LogP contribution in [0.3, 0.4) is 0 Å². The van der Waals surface area contributed by atoms with Crippen molar-refractivity contribution in [3.63, 3.8) is 0 Å². The van der Waals surface area contributed by atoms with E-state index in [1.807, 2.05) is 48.5 Å². The molecule has 1 amide bonds. The number of rotatable bonds is 5. The molecule has 3 aromatic carbocycles. The van der Waals surface area contributed by atoms with E-state index >= 15 is 0 Å². The Morgan fingerprint density at radius 3 is 2.32 bits per heavy atom. The lowest BCUT2D eigenvalue weighted by molar-refractivity contribution is 0.102. The van der Waals surface area contributed by atoms with Crippen molar-refractivity contribution in [2.24, 2.45) is 0 Å². The first kappa shape index (κ1) is 17.0. The molecule has 0 aliphatic heterocycles. The molecule has 0 atom stereocenters. The van der Waals surface area contributed by atoms with Crippen molar-refractivity contribution in [2.75, 3.05) is 11.1 Å². The lowest BCUT2D eigenvalue weighted by Gasteiger charge is -2.09. The molecule has 3 aromatic rings. The van der Waals surface area contributed by atoms with Crippen LogP contribution in [-0.2, 0) is 6.61 Å². The summed E-state index contributed by atoms with van der Waals surface area (Å²) in [5.41, 5.74) is 8.54. The van der Waals surface area contributed by atoms with Gasteiger partial charge in [-0.1, -0.05) is 40.2 Å². The Balaban J connectivity index is 1.60. The second-order valence-electron chi connectivity index (χ2n) is 5.48. The number of benzene rings is 3. The predicted octanol–water partition coefficient (Wildman–Crippen LogP) is 4.86. The fraction of sp³-hybridized carbons (Fsp3) is 0.0500. The monoisotopic (exact) mass is 396 g/mol. The highest BCUT2D eigenvalue weighted by atomic mass is 79.9. The Labute approximate surface area is 154 Å².